The Balaban J connectivity index is 0. The Bertz CT molecular complexity index is 4850. The van der Waals surface area contributed by atoms with Gasteiger partial charge in [-0.25, -0.2) is 37.9 Å². The molecule has 0 radical (unpaired) electrons. The number of amides is 2. The SMILES string of the molecule is CC.CC.CC.CC.CC(C)N1CCCCS1(=O)=O.CN(C)c1nc(C(=O)NCc2ccccc2)c(O)c2ncccc12.CN=[S-](=O)OC.COC.Cc1nc(C(=O)NCc2ccccc2)c(O)c2ncccc12.Cc1nc(C(=O)O)c(O)c2ncccc12.NCc1ccccc1.O=C(O)c1ncc2cccnc2c1O.[Ru].[Ru]. The number of fused-ring (bicyclic) bond motifs is 4. The van der Waals surface area contributed by atoms with Gasteiger partial charge >= 0.3 is 11.9 Å². The van der Waals surface area contributed by atoms with Gasteiger partial charge in [0.1, 0.15) is 27.9 Å². The second kappa shape index (κ2) is 57.7. The molecule has 12 rings (SSSR count). The summed E-state index contributed by atoms with van der Waals surface area (Å²) in [6.07, 6.45) is 9.33. The number of carboxylic acid groups (broad SMARTS) is 2. The van der Waals surface area contributed by atoms with Gasteiger partial charge in [-0.1, -0.05) is 157 Å². The molecule has 10 N–H and O–H groups in total. The summed E-state index contributed by atoms with van der Waals surface area (Å²) in [5.74, 6) is -3.64. The van der Waals surface area contributed by atoms with Gasteiger partial charge in [-0.05, 0) is 106 Å². The molecule has 0 unspecified atom stereocenters. The summed E-state index contributed by atoms with van der Waals surface area (Å²) >= 11 is 0. The van der Waals surface area contributed by atoms with Crippen molar-refractivity contribution < 1.29 is 110 Å². The van der Waals surface area contributed by atoms with Crippen LogP contribution in [0.5, 0.6) is 23.0 Å². The molecule has 8 aromatic heterocycles. The third-order valence-electron chi connectivity index (χ3n) is 14.4. The minimum Gasteiger partial charge on any atom is -0.504 e. The fourth-order valence-electron chi connectivity index (χ4n) is 9.45. The molecule has 1 saturated heterocycles. The first kappa shape index (κ1) is 105. The van der Waals surface area contributed by atoms with Crippen molar-refractivity contribution in [3.8, 4) is 23.0 Å². The quantitative estimate of drug-likeness (QED) is 0.0405. The number of methoxy groups -OCH3 is 1. The van der Waals surface area contributed by atoms with Crippen LogP contribution in [0.4, 0.5) is 5.82 Å². The van der Waals surface area contributed by atoms with Crippen LogP contribution in [0, 0.1) is 13.8 Å². The normalized spacial score (nSPS) is 11.3. The molecule has 33 heteroatoms. The summed E-state index contributed by atoms with van der Waals surface area (Å²) in [4.78, 5) is 80.0. The van der Waals surface area contributed by atoms with Crippen molar-refractivity contribution in [3.63, 3.8) is 0 Å². The molecule has 1 aliphatic heterocycles. The molecule has 1 aliphatic rings. The Labute approximate surface area is 690 Å². The predicted molar refractivity (Wildman–Crippen MR) is 439 cm³/mol. The number of anilines is 1. The molecule has 0 atom stereocenters. The van der Waals surface area contributed by atoms with E-state index in [0.717, 1.165) is 29.4 Å². The van der Waals surface area contributed by atoms with Crippen molar-refractivity contribution in [2.45, 2.75) is 122 Å². The molecule has 3 aromatic carbocycles. The largest absolute Gasteiger partial charge is 0.504 e. The Morgan fingerprint density at radius 1 is 0.540 bits per heavy atom. The number of rotatable bonds is 12. The molecule has 11 aromatic rings. The Hall–Kier alpha value is -10.2. The summed E-state index contributed by atoms with van der Waals surface area (Å²) in [7, 11) is 5.38. The Kier molecular flexibility index (Phi) is 53.6. The standard InChI is InChI=1S/C18H18N4O2.C17H15N3O2.C10H8N2O3.C9H6N2O3.C7H15NO2S.C7H9N.C2H6NO2S.C2H6O.4C2H6.2Ru/c1-22(2)17-13-9-6-10-19-14(13)16(23)15(21-17)18(24)20-11-12-7-4-3-5-8-12;1-11-13-8-5-9-18-14(13)16(21)15(20-11)17(22)19-10-12-6-3-2-4-7-12;1-5-6-3-2-4-11-7(6)9(13)8(12-5)10(14)15;12-8-6-5(2-1-3-10-6)4-11-7(8)9(13)14;1-7(2)8-5-3-4-6-11(8,9)10;8-6-7-4-2-1-3-5-7;1-3-6(4)5-2;1-3-2;4*1-2;;/h3-10,23H,11H2,1-2H3,(H,20,24);2-9,21H,10H2,1H3,(H,19,22);2-4,13H,1H3,(H,14,15);1-4,12H,(H,13,14);7H,3-6H2,1-2H3;1-5H,6,8H2;1-2H3;1-2H3;4*1-2H3;;/q;;;;;;-1;;;;;;;. The summed E-state index contributed by atoms with van der Waals surface area (Å²) in [6, 6.07) is 43.2. The molecule has 2 amide bonds. The van der Waals surface area contributed by atoms with Gasteiger partial charge in [0.05, 0.1) is 5.75 Å². The van der Waals surface area contributed by atoms with Crippen LogP contribution in [-0.2, 0) is 92.6 Å². The van der Waals surface area contributed by atoms with Crippen LogP contribution in [0.2, 0.25) is 0 Å². The van der Waals surface area contributed by atoms with E-state index < -0.39 is 50.4 Å². The molecule has 0 bridgehead atoms. The van der Waals surface area contributed by atoms with Gasteiger partial charge < -0.3 is 69.4 Å². The summed E-state index contributed by atoms with van der Waals surface area (Å²) < 4.78 is 45.9. The molecular weight excluding hydrogens is 1660 g/mol. The number of carbonyl (C=O) groups excluding carboxylic acids is 2. The smallest absolute Gasteiger partial charge is 0.358 e. The average Bonchev–Trinajstić information content (AvgIpc) is 0.933. The van der Waals surface area contributed by atoms with Gasteiger partial charge in [-0.2, -0.15) is 4.31 Å². The molecular formula is C80H107N14O15Ru2S2-. The second-order valence-electron chi connectivity index (χ2n) is 22.3. The number of nitrogens with two attached hydrogens (primary N) is 1. The number of aryl methyl sites for hydroxylation is 2. The fraction of sp³-hybridized carbons (Fsp3) is 0.325. The van der Waals surface area contributed by atoms with Crippen LogP contribution in [0.3, 0.4) is 0 Å². The maximum Gasteiger partial charge on any atom is 0.358 e. The maximum absolute atomic E-state index is 12.5. The van der Waals surface area contributed by atoms with Crippen molar-refractivity contribution >= 4 is 94.1 Å². The van der Waals surface area contributed by atoms with E-state index in [1.807, 2.05) is 186 Å². The molecule has 0 spiro atoms. The molecule has 9 heterocycles. The van der Waals surface area contributed by atoms with E-state index in [4.69, 9.17) is 15.9 Å². The number of nitrogens with one attached hydrogen (secondary N) is 2. The van der Waals surface area contributed by atoms with E-state index in [1.54, 1.807) is 86.1 Å². The van der Waals surface area contributed by atoms with Crippen molar-refractivity contribution in [3.05, 3.63) is 221 Å². The van der Waals surface area contributed by atoms with E-state index in [-0.39, 0.29) is 96.1 Å². The zero-order valence-electron chi connectivity index (χ0n) is 67.1. The predicted octanol–water partition coefficient (Wildman–Crippen LogP) is 13.9. The van der Waals surface area contributed by atoms with E-state index in [1.165, 1.54) is 38.3 Å². The van der Waals surface area contributed by atoms with Gasteiger partial charge in [0.25, 0.3) is 11.8 Å². The number of pyridine rings is 8. The van der Waals surface area contributed by atoms with Crippen LogP contribution < -0.4 is 21.3 Å². The summed E-state index contributed by atoms with van der Waals surface area (Å²) in [5.41, 5.74) is 10.2. The van der Waals surface area contributed by atoms with Crippen LogP contribution in [0.25, 0.3) is 43.6 Å². The number of hydrogen-bond acceptors (Lipinski definition) is 25. The Morgan fingerprint density at radius 2 is 0.903 bits per heavy atom. The minimum absolute atomic E-state index is 0. The number of ether oxygens (including phenoxy) is 1. The number of hydrogen-bond donors (Lipinski definition) is 9. The first-order valence-electron chi connectivity index (χ1n) is 35.5. The van der Waals surface area contributed by atoms with Gasteiger partial charge in [0.2, 0.25) is 10.0 Å². The molecule has 616 valence electrons. The molecule has 0 aliphatic carbocycles. The van der Waals surface area contributed by atoms with Crippen molar-refractivity contribution in [1.29, 1.82) is 0 Å². The number of sulfonamides is 1. The van der Waals surface area contributed by atoms with Gasteiger partial charge in [-0.3, -0.25) is 29.5 Å². The zero-order chi connectivity index (χ0) is 83.8. The number of benzene rings is 3. The van der Waals surface area contributed by atoms with Crippen LogP contribution >= 0.6 is 0 Å². The first-order valence-corrected chi connectivity index (χ1v) is 38.2. The second-order valence-corrected chi connectivity index (χ2v) is 25.4. The number of aromatic carboxylic acids is 2. The molecule has 29 nitrogen and oxygen atoms in total. The number of carbonyl (C=O) groups is 4. The third kappa shape index (κ3) is 33.9. The third-order valence-corrected chi connectivity index (χ3v) is 17.1. The Morgan fingerprint density at radius 3 is 1.26 bits per heavy atom. The van der Waals surface area contributed by atoms with E-state index in [9.17, 15) is 52.2 Å². The molecule has 113 heavy (non-hydrogen) atoms. The number of aromatic hydroxyl groups is 4. The molecule has 1 fully saturated rings. The average molecular weight is 1770 g/mol. The summed E-state index contributed by atoms with van der Waals surface area (Å²) in [5, 5.41) is 65.5. The van der Waals surface area contributed by atoms with E-state index in [2.05, 4.69) is 63.8 Å². The first-order chi connectivity index (χ1) is 53.2. The number of aromatic nitrogens is 8. The van der Waals surface area contributed by atoms with Crippen molar-refractivity contribution in [2.24, 2.45) is 10.1 Å². The minimum atomic E-state index is -2.89. The summed E-state index contributed by atoms with van der Waals surface area (Å²) in [6.45, 7) is 25.4. The van der Waals surface area contributed by atoms with E-state index >= 15 is 0 Å². The number of nitrogens with zero attached hydrogens (tertiary/aromatic N) is 11. The van der Waals surface area contributed by atoms with Gasteiger partial charge in [0.15, 0.2) is 45.8 Å². The van der Waals surface area contributed by atoms with Crippen LogP contribution in [-0.4, -0.2) is 168 Å². The topological polar surface area (TPSA) is 431 Å². The zero-order valence-corrected chi connectivity index (χ0v) is 72.2. The van der Waals surface area contributed by atoms with Gasteiger partial charge in [0, 0.05) is 178 Å². The van der Waals surface area contributed by atoms with Gasteiger partial charge in [-0.15, -0.1) is 0 Å². The fourth-order valence-corrected chi connectivity index (χ4v) is 11.5. The maximum atomic E-state index is 12.5. The van der Waals surface area contributed by atoms with E-state index in [0.29, 0.717) is 76.3 Å². The molecule has 0 saturated carbocycles. The monoisotopic (exact) mass is 1770 g/mol. The number of carboxylic acids is 2. The van der Waals surface area contributed by atoms with Crippen molar-refractivity contribution in [1.82, 2.24) is 54.8 Å². The van der Waals surface area contributed by atoms with Crippen LogP contribution in [0.1, 0.15) is 152 Å². The van der Waals surface area contributed by atoms with Crippen molar-refractivity contribution in [2.75, 3.05) is 59.7 Å². The van der Waals surface area contributed by atoms with Crippen LogP contribution in [0.15, 0.2) is 175 Å².